The first-order chi connectivity index (χ1) is 8.31. The summed E-state index contributed by atoms with van der Waals surface area (Å²) in [5.74, 6) is 0.776. The molecule has 0 aromatic carbocycles. The molecule has 17 heavy (non-hydrogen) atoms. The second kappa shape index (κ2) is 5.59. The van der Waals surface area contributed by atoms with Gasteiger partial charge in [-0.1, -0.05) is 24.6 Å². The van der Waals surface area contributed by atoms with E-state index < -0.39 is 0 Å². The van der Waals surface area contributed by atoms with Crippen LogP contribution in [-0.4, -0.2) is 15.0 Å². The minimum atomic E-state index is 0.506. The number of halogens is 1. The summed E-state index contributed by atoms with van der Waals surface area (Å²) in [6.07, 6.45) is 4.02. The first-order valence-corrected chi connectivity index (χ1v) is 5.82. The maximum Gasteiger partial charge on any atom is 0.137 e. The summed E-state index contributed by atoms with van der Waals surface area (Å²) in [5.41, 5.74) is 1.90. The standard InChI is InChI=1S/C12H13ClN4/c1-2-10-11(13)16-8-17-12(10)15-7-9-5-3-4-6-14-9/h3-6,8H,2,7H2,1H3,(H,15,16,17). The molecule has 0 atom stereocenters. The first kappa shape index (κ1) is 11.8. The second-order valence-electron chi connectivity index (χ2n) is 3.52. The zero-order chi connectivity index (χ0) is 12.1. The van der Waals surface area contributed by atoms with Crippen LogP contribution in [0.15, 0.2) is 30.7 Å². The molecule has 0 amide bonds. The first-order valence-electron chi connectivity index (χ1n) is 5.44. The highest BCUT2D eigenvalue weighted by Gasteiger charge is 2.07. The van der Waals surface area contributed by atoms with Crippen molar-refractivity contribution in [2.45, 2.75) is 19.9 Å². The fourth-order valence-corrected chi connectivity index (χ4v) is 1.80. The molecule has 1 N–H and O–H groups in total. The van der Waals surface area contributed by atoms with Crippen molar-refractivity contribution in [3.63, 3.8) is 0 Å². The Hall–Kier alpha value is -1.68. The Balaban J connectivity index is 2.12. The maximum atomic E-state index is 6.00. The van der Waals surface area contributed by atoms with E-state index >= 15 is 0 Å². The molecule has 2 aromatic rings. The van der Waals surface area contributed by atoms with Crippen LogP contribution in [0, 0.1) is 0 Å². The molecule has 0 aliphatic carbocycles. The molecule has 4 nitrogen and oxygen atoms in total. The van der Waals surface area contributed by atoms with Gasteiger partial charge in [0.25, 0.3) is 0 Å². The van der Waals surface area contributed by atoms with Crippen molar-refractivity contribution < 1.29 is 0 Å². The molecular weight excluding hydrogens is 236 g/mol. The van der Waals surface area contributed by atoms with Gasteiger partial charge in [0.1, 0.15) is 17.3 Å². The normalized spacial score (nSPS) is 10.2. The van der Waals surface area contributed by atoms with Crippen LogP contribution in [0.1, 0.15) is 18.2 Å². The van der Waals surface area contributed by atoms with Crippen LogP contribution in [0.4, 0.5) is 5.82 Å². The van der Waals surface area contributed by atoms with E-state index in [2.05, 4.69) is 20.3 Å². The molecule has 2 aromatic heterocycles. The summed E-state index contributed by atoms with van der Waals surface area (Å²) >= 11 is 6.00. The molecule has 88 valence electrons. The molecule has 0 bridgehead atoms. The van der Waals surface area contributed by atoms with Crippen molar-refractivity contribution in [1.29, 1.82) is 0 Å². The van der Waals surface area contributed by atoms with Crippen molar-refractivity contribution in [3.8, 4) is 0 Å². The summed E-state index contributed by atoms with van der Waals surface area (Å²) in [7, 11) is 0. The van der Waals surface area contributed by atoms with Gasteiger partial charge in [0.15, 0.2) is 0 Å². The van der Waals surface area contributed by atoms with Crippen molar-refractivity contribution in [3.05, 3.63) is 47.1 Å². The molecule has 0 saturated heterocycles. The molecule has 2 rings (SSSR count). The number of nitrogens with one attached hydrogen (secondary N) is 1. The smallest absolute Gasteiger partial charge is 0.137 e. The molecule has 0 spiro atoms. The van der Waals surface area contributed by atoms with Gasteiger partial charge in [0.05, 0.1) is 12.2 Å². The van der Waals surface area contributed by atoms with Gasteiger partial charge in [0, 0.05) is 11.8 Å². The van der Waals surface area contributed by atoms with E-state index in [0.29, 0.717) is 11.7 Å². The molecule has 0 fully saturated rings. The molecule has 0 aliphatic rings. The highest BCUT2D eigenvalue weighted by atomic mass is 35.5. The van der Waals surface area contributed by atoms with Crippen LogP contribution in [0.3, 0.4) is 0 Å². The minimum Gasteiger partial charge on any atom is -0.364 e. The zero-order valence-corrected chi connectivity index (χ0v) is 10.3. The van der Waals surface area contributed by atoms with Crippen molar-refractivity contribution in [1.82, 2.24) is 15.0 Å². The zero-order valence-electron chi connectivity index (χ0n) is 9.52. The van der Waals surface area contributed by atoms with Crippen LogP contribution >= 0.6 is 11.6 Å². The van der Waals surface area contributed by atoms with Crippen LogP contribution < -0.4 is 5.32 Å². The van der Waals surface area contributed by atoms with E-state index in [1.54, 1.807) is 6.20 Å². The number of nitrogens with zero attached hydrogens (tertiary/aromatic N) is 3. The summed E-state index contributed by atoms with van der Waals surface area (Å²) in [6.45, 7) is 2.65. The van der Waals surface area contributed by atoms with Crippen molar-refractivity contribution in [2.75, 3.05) is 5.32 Å². The quantitative estimate of drug-likeness (QED) is 0.846. The Morgan fingerprint density at radius 2 is 2.12 bits per heavy atom. The Labute approximate surface area is 105 Å². The number of aromatic nitrogens is 3. The molecule has 0 saturated carbocycles. The Morgan fingerprint density at radius 3 is 2.82 bits per heavy atom. The number of rotatable bonds is 4. The predicted molar refractivity (Wildman–Crippen MR) is 68.0 cm³/mol. The fraction of sp³-hybridized carbons (Fsp3) is 0.250. The lowest BCUT2D eigenvalue weighted by molar-refractivity contribution is 0.985. The fourth-order valence-electron chi connectivity index (χ4n) is 1.53. The average Bonchev–Trinajstić information content (AvgIpc) is 2.37. The third kappa shape index (κ3) is 2.91. The van der Waals surface area contributed by atoms with E-state index in [-0.39, 0.29) is 0 Å². The number of hydrogen-bond donors (Lipinski definition) is 1. The van der Waals surface area contributed by atoms with Crippen LogP contribution in [0.5, 0.6) is 0 Å². The van der Waals surface area contributed by atoms with Gasteiger partial charge in [-0.2, -0.15) is 0 Å². The van der Waals surface area contributed by atoms with Gasteiger partial charge < -0.3 is 5.32 Å². The lowest BCUT2D eigenvalue weighted by Crippen LogP contribution is -2.06. The molecule has 5 heteroatoms. The Kier molecular flexibility index (Phi) is 3.88. The minimum absolute atomic E-state index is 0.506. The summed E-state index contributed by atoms with van der Waals surface area (Å²) in [6, 6.07) is 5.81. The number of pyridine rings is 1. The van der Waals surface area contributed by atoms with E-state index in [0.717, 1.165) is 23.5 Å². The lowest BCUT2D eigenvalue weighted by atomic mass is 10.2. The van der Waals surface area contributed by atoms with Crippen LogP contribution in [-0.2, 0) is 13.0 Å². The van der Waals surface area contributed by atoms with Gasteiger partial charge in [-0.25, -0.2) is 9.97 Å². The summed E-state index contributed by atoms with van der Waals surface area (Å²) < 4.78 is 0. The number of hydrogen-bond acceptors (Lipinski definition) is 4. The molecule has 0 aliphatic heterocycles. The lowest BCUT2D eigenvalue weighted by Gasteiger charge is -2.09. The van der Waals surface area contributed by atoms with Gasteiger partial charge >= 0.3 is 0 Å². The van der Waals surface area contributed by atoms with Crippen LogP contribution in [0.25, 0.3) is 0 Å². The van der Waals surface area contributed by atoms with Crippen LogP contribution in [0.2, 0.25) is 5.15 Å². The maximum absolute atomic E-state index is 6.00. The monoisotopic (exact) mass is 248 g/mol. The summed E-state index contributed by atoms with van der Waals surface area (Å²) in [4.78, 5) is 12.4. The van der Waals surface area contributed by atoms with Gasteiger partial charge in [-0.3, -0.25) is 4.98 Å². The third-order valence-electron chi connectivity index (χ3n) is 2.41. The topological polar surface area (TPSA) is 50.7 Å². The Bertz CT molecular complexity index is 487. The molecule has 0 unspecified atom stereocenters. The third-order valence-corrected chi connectivity index (χ3v) is 2.74. The number of anilines is 1. The largest absolute Gasteiger partial charge is 0.364 e. The van der Waals surface area contributed by atoms with Gasteiger partial charge in [-0.05, 0) is 18.6 Å². The van der Waals surface area contributed by atoms with E-state index in [1.807, 2.05) is 25.1 Å². The summed E-state index contributed by atoms with van der Waals surface area (Å²) in [5, 5.41) is 3.73. The van der Waals surface area contributed by atoms with Crippen molar-refractivity contribution in [2.24, 2.45) is 0 Å². The molecule has 0 radical (unpaired) electrons. The molecule has 2 heterocycles. The Morgan fingerprint density at radius 1 is 1.24 bits per heavy atom. The van der Waals surface area contributed by atoms with Gasteiger partial charge in [0.2, 0.25) is 0 Å². The second-order valence-corrected chi connectivity index (χ2v) is 3.88. The van der Waals surface area contributed by atoms with Gasteiger partial charge in [-0.15, -0.1) is 0 Å². The SMILES string of the molecule is CCc1c(Cl)ncnc1NCc1ccccn1. The predicted octanol–water partition coefficient (Wildman–Crippen LogP) is 2.70. The molecular formula is C12H13ClN4. The van der Waals surface area contributed by atoms with E-state index in [1.165, 1.54) is 6.33 Å². The average molecular weight is 249 g/mol. The van der Waals surface area contributed by atoms with E-state index in [4.69, 9.17) is 11.6 Å². The van der Waals surface area contributed by atoms with Crippen molar-refractivity contribution >= 4 is 17.4 Å². The highest BCUT2D eigenvalue weighted by molar-refractivity contribution is 6.30. The van der Waals surface area contributed by atoms with E-state index in [9.17, 15) is 0 Å². The highest BCUT2D eigenvalue weighted by Crippen LogP contribution is 2.20.